The van der Waals surface area contributed by atoms with Crippen molar-refractivity contribution in [1.29, 1.82) is 0 Å². The number of nitrogens with zero attached hydrogens (tertiary/aromatic N) is 3. The van der Waals surface area contributed by atoms with E-state index in [0.717, 1.165) is 32.4 Å². The highest BCUT2D eigenvalue weighted by atomic mass is 31.2. The summed E-state index contributed by atoms with van der Waals surface area (Å²) in [4.78, 5) is 55.3. The van der Waals surface area contributed by atoms with Crippen molar-refractivity contribution < 1.29 is 28.7 Å². The van der Waals surface area contributed by atoms with Crippen molar-refractivity contribution in [3.8, 4) is 0 Å². The Morgan fingerprint density at radius 2 is 1.68 bits per heavy atom. The van der Waals surface area contributed by atoms with E-state index in [1.807, 2.05) is 4.90 Å². The van der Waals surface area contributed by atoms with Crippen molar-refractivity contribution in [2.45, 2.75) is 37.5 Å². The summed E-state index contributed by atoms with van der Waals surface area (Å²) in [5.74, 6) is 0.724. The van der Waals surface area contributed by atoms with Gasteiger partial charge < -0.3 is 24.5 Å². The molecule has 2 rings (SSSR count). The van der Waals surface area contributed by atoms with E-state index < -0.39 is 27.0 Å². The molecule has 0 unspecified atom stereocenters. The minimum absolute atomic E-state index is 0.131. The van der Waals surface area contributed by atoms with E-state index in [0.29, 0.717) is 5.82 Å². The van der Waals surface area contributed by atoms with Crippen LogP contribution in [-0.4, -0.2) is 47.6 Å². The number of rotatable bonds is 6. The molecule has 25 heavy (non-hydrogen) atoms. The minimum Gasteiger partial charge on any atom is -0.356 e. The highest BCUT2D eigenvalue weighted by Gasteiger charge is 2.42. The third-order valence-electron chi connectivity index (χ3n) is 4.30. The number of aromatic nitrogens is 2. The second kappa shape index (κ2) is 7.70. The van der Waals surface area contributed by atoms with Crippen LogP contribution in [0.3, 0.4) is 0 Å². The maximum Gasteiger partial charge on any atom is 0.340 e. The fourth-order valence-corrected chi connectivity index (χ4v) is 5.37. The smallest absolute Gasteiger partial charge is 0.340 e. The van der Waals surface area contributed by atoms with Gasteiger partial charge in [-0.3, -0.25) is 18.5 Å². The Labute approximate surface area is 144 Å². The summed E-state index contributed by atoms with van der Waals surface area (Å²) < 4.78 is 24.0. The Kier molecular flexibility index (Phi) is 6.25. The van der Waals surface area contributed by atoms with Gasteiger partial charge in [-0.25, -0.2) is 4.98 Å². The van der Waals surface area contributed by atoms with Gasteiger partial charge in [-0.1, -0.05) is 0 Å². The van der Waals surface area contributed by atoms with Crippen LogP contribution in [0.5, 0.6) is 0 Å². The highest BCUT2D eigenvalue weighted by Crippen LogP contribution is 2.61. The number of aryl methyl sites for hydroxylation is 1. The van der Waals surface area contributed by atoms with Gasteiger partial charge in [0.2, 0.25) is 0 Å². The molecule has 2 heterocycles. The van der Waals surface area contributed by atoms with Crippen molar-refractivity contribution in [3.05, 3.63) is 22.2 Å². The van der Waals surface area contributed by atoms with Crippen LogP contribution in [0.2, 0.25) is 0 Å². The third kappa shape index (κ3) is 5.23. The van der Waals surface area contributed by atoms with Gasteiger partial charge in [0.1, 0.15) is 11.6 Å². The lowest BCUT2D eigenvalue weighted by molar-refractivity contribution is 0.335. The van der Waals surface area contributed by atoms with Crippen LogP contribution in [0.15, 0.2) is 10.9 Å². The lowest BCUT2D eigenvalue weighted by atomic mass is 10.1. The Hall–Kier alpha value is -1.02. The van der Waals surface area contributed by atoms with Crippen LogP contribution in [-0.2, 0) is 22.6 Å². The molecule has 1 aliphatic heterocycles. The van der Waals surface area contributed by atoms with E-state index in [1.54, 1.807) is 0 Å². The Morgan fingerprint density at radius 1 is 1.12 bits per heavy atom. The zero-order chi connectivity index (χ0) is 18.8. The largest absolute Gasteiger partial charge is 0.356 e. The maximum atomic E-state index is 12.1. The van der Waals surface area contributed by atoms with Crippen molar-refractivity contribution in [1.82, 2.24) is 9.55 Å². The van der Waals surface area contributed by atoms with E-state index in [1.165, 1.54) is 17.7 Å². The first-order valence-corrected chi connectivity index (χ1v) is 11.3. The molecule has 1 aromatic rings. The number of piperidine rings is 1. The van der Waals surface area contributed by atoms with E-state index in [-0.39, 0.29) is 17.8 Å². The second-order valence-corrected chi connectivity index (χ2v) is 10.2. The number of anilines is 1. The average Bonchev–Trinajstić information content (AvgIpc) is 2.49. The SMILES string of the molecule is Cn1c(CCC(P(=O)(O)O)P(=O)(O)O)nc(N2CCCCC2)cc1=O. The Bertz CT molecular complexity index is 741. The van der Waals surface area contributed by atoms with Gasteiger partial charge in [-0.05, 0) is 25.7 Å². The molecule has 4 N–H and O–H groups in total. The molecule has 0 amide bonds. The molecule has 0 aliphatic carbocycles. The van der Waals surface area contributed by atoms with Crippen LogP contribution < -0.4 is 10.5 Å². The van der Waals surface area contributed by atoms with Gasteiger partial charge in [0.15, 0.2) is 5.40 Å². The molecular formula is C13H23N3O7P2. The van der Waals surface area contributed by atoms with Crippen molar-refractivity contribution in [3.63, 3.8) is 0 Å². The van der Waals surface area contributed by atoms with Crippen molar-refractivity contribution in [2.75, 3.05) is 18.0 Å². The van der Waals surface area contributed by atoms with Gasteiger partial charge in [-0.2, -0.15) is 0 Å². The topological polar surface area (TPSA) is 153 Å². The van der Waals surface area contributed by atoms with Gasteiger partial charge in [0.25, 0.3) is 5.56 Å². The Balaban J connectivity index is 2.26. The summed E-state index contributed by atoms with van der Waals surface area (Å²) in [7, 11) is -8.51. The molecule has 1 fully saturated rings. The standard InChI is InChI=1S/C13H23N3O7P2/c1-15-10(5-6-13(24(18,19)20)25(21,22)23)14-11(9-12(15)17)16-7-3-2-4-8-16/h9,13H,2-8H2,1H3,(H2,18,19,20)(H2,21,22,23). The molecule has 10 nitrogen and oxygen atoms in total. The van der Waals surface area contributed by atoms with Gasteiger partial charge in [-0.15, -0.1) is 0 Å². The van der Waals surface area contributed by atoms with Crippen LogP contribution in [0.4, 0.5) is 5.82 Å². The summed E-state index contributed by atoms with van der Waals surface area (Å²) in [5.41, 5.74) is -0.325. The average molecular weight is 395 g/mol. The van der Waals surface area contributed by atoms with E-state index in [9.17, 15) is 33.5 Å². The molecule has 0 radical (unpaired) electrons. The monoisotopic (exact) mass is 395 g/mol. The molecule has 0 atom stereocenters. The molecule has 0 bridgehead atoms. The zero-order valence-electron chi connectivity index (χ0n) is 13.9. The molecule has 12 heteroatoms. The lowest BCUT2D eigenvalue weighted by Gasteiger charge is -2.28. The quantitative estimate of drug-likeness (QED) is 0.501. The molecule has 142 valence electrons. The highest BCUT2D eigenvalue weighted by molar-refractivity contribution is 7.70. The molecular weight excluding hydrogens is 372 g/mol. The molecule has 0 aromatic carbocycles. The first-order valence-electron chi connectivity index (χ1n) is 7.92. The molecule has 1 aliphatic rings. The minimum atomic E-state index is -4.99. The fourth-order valence-electron chi connectivity index (χ4n) is 2.87. The van der Waals surface area contributed by atoms with Crippen LogP contribution in [0, 0.1) is 0 Å². The van der Waals surface area contributed by atoms with Crippen LogP contribution in [0.1, 0.15) is 31.5 Å². The fraction of sp³-hybridized carbons (Fsp3) is 0.692. The van der Waals surface area contributed by atoms with Crippen molar-refractivity contribution >= 4 is 21.0 Å². The van der Waals surface area contributed by atoms with Gasteiger partial charge >= 0.3 is 15.2 Å². The predicted octanol–water partition coefficient (Wildman–Crippen LogP) is 0.385. The molecule has 1 aromatic heterocycles. The van der Waals surface area contributed by atoms with E-state index in [2.05, 4.69) is 4.98 Å². The lowest BCUT2D eigenvalue weighted by Crippen LogP contribution is -2.33. The number of hydrogen-bond donors (Lipinski definition) is 4. The summed E-state index contributed by atoms with van der Waals surface area (Å²) in [6.45, 7) is 1.54. The zero-order valence-corrected chi connectivity index (χ0v) is 15.6. The molecule has 1 saturated heterocycles. The van der Waals surface area contributed by atoms with E-state index >= 15 is 0 Å². The first-order chi connectivity index (χ1) is 11.5. The molecule has 0 saturated carbocycles. The van der Waals surface area contributed by atoms with Crippen LogP contribution in [0.25, 0.3) is 0 Å². The van der Waals surface area contributed by atoms with Gasteiger partial charge in [0.05, 0.1) is 0 Å². The van der Waals surface area contributed by atoms with Crippen molar-refractivity contribution in [2.24, 2.45) is 7.05 Å². The maximum absolute atomic E-state index is 12.1. The van der Waals surface area contributed by atoms with Gasteiger partial charge in [0, 0.05) is 32.6 Å². The van der Waals surface area contributed by atoms with E-state index in [4.69, 9.17) is 0 Å². The molecule has 0 spiro atoms. The second-order valence-electron chi connectivity index (χ2n) is 6.17. The summed E-state index contributed by atoms with van der Waals surface area (Å²) in [5, 5.41) is -2.10. The Morgan fingerprint density at radius 3 is 2.20 bits per heavy atom. The first kappa shape index (κ1) is 20.3. The normalized spacial score (nSPS) is 16.5. The van der Waals surface area contributed by atoms with Crippen LogP contribution >= 0.6 is 15.2 Å². The summed E-state index contributed by atoms with van der Waals surface area (Å²) in [6.07, 6.45) is 2.49. The third-order valence-corrected chi connectivity index (χ3v) is 8.17. The summed E-state index contributed by atoms with van der Waals surface area (Å²) >= 11 is 0. The number of hydrogen-bond acceptors (Lipinski definition) is 5. The predicted molar refractivity (Wildman–Crippen MR) is 91.7 cm³/mol. The summed E-state index contributed by atoms with van der Waals surface area (Å²) in [6, 6.07) is 1.40.